The summed E-state index contributed by atoms with van der Waals surface area (Å²) in [5.74, 6) is -5.83. The number of fused-ring (bicyclic) bond motifs is 1. The van der Waals surface area contributed by atoms with Gasteiger partial charge in [0.1, 0.15) is 5.70 Å². The third kappa shape index (κ3) is 4.56. The molecule has 0 radical (unpaired) electrons. The minimum Gasteiger partial charge on any atom is -0.394 e. The van der Waals surface area contributed by atoms with E-state index in [4.69, 9.17) is 20.3 Å². The molecule has 4 N–H and O–H groups in total. The summed E-state index contributed by atoms with van der Waals surface area (Å²) >= 11 is 1.22. The number of rotatable bonds is 11. The van der Waals surface area contributed by atoms with Gasteiger partial charge in [0.25, 0.3) is 23.3 Å². The molecule has 32 heavy (non-hydrogen) atoms. The third-order valence-corrected chi connectivity index (χ3v) is 6.24. The first-order valence-electron chi connectivity index (χ1n) is 8.98. The van der Waals surface area contributed by atoms with Crippen LogP contribution in [-0.4, -0.2) is 97.5 Å². The molecule has 0 spiro atoms. The summed E-state index contributed by atoms with van der Waals surface area (Å²) in [6.45, 7) is -0.143. The predicted molar refractivity (Wildman–Crippen MR) is 105 cm³/mol. The van der Waals surface area contributed by atoms with Gasteiger partial charge in [0, 0.05) is 12.9 Å². The van der Waals surface area contributed by atoms with E-state index in [-0.39, 0.29) is 43.0 Å². The van der Waals surface area contributed by atoms with Crippen LogP contribution in [0, 0.1) is 0 Å². The van der Waals surface area contributed by atoms with Crippen molar-refractivity contribution < 1.29 is 37.7 Å². The Morgan fingerprint density at radius 2 is 2.25 bits per heavy atom. The number of tetrazole rings is 1. The van der Waals surface area contributed by atoms with E-state index in [1.54, 1.807) is 0 Å². The Morgan fingerprint density at radius 3 is 2.88 bits per heavy atom. The number of nitrogens with one attached hydrogen (secondary N) is 1. The number of methoxy groups -OCH3 is 1. The number of nitrogens with two attached hydrogens (primary N) is 1. The number of thioether (sulfide) groups is 2. The van der Waals surface area contributed by atoms with Gasteiger partial charge in [0.2, 0.25) is 11.1 Å². The van der Waals surface area contributed by atoms with E-state index in [1.165, 1.54) is 4.68 Å². The molecule has 17 heteroatoms. The molecule has 2 aliphatic rings. The number of β-lactam (4-membered cyclic amide) rings is 1. The number of hydrogen-bond acceptors (Lipinski definition) is 11. The van der Waals surface area contributed by atoms with Gasteiger partial charge in [0.15, 0.2) is 6.23 Å². The van der Waals surface area contributed by atoms with Crippen LogP contribution in [0.3, 0.4) is 0 Å². The molecule has 1 saturated heterocycles. The van der Waals surface area contributed by atoms with Gasteiger partial charge in [-0.25, -0.2) is 4.68 Å². The number of amides is 3. The van der Waals surface area contributed by atoms with Crippen molar-refractivity contribution in [1.29, 1.82) is 0 Å². The van der Waals surface area contributed by atoms with E-state index in [9.17, 15) is 23.2 Å². The lowest BCUT2D eigenvalue weighted by molar-refractivity contribution is -0.257. The van der Waals surface area contributed by atoms with Crippen LogP contribution in [0.4, 0.5) is 8.78 Å². The minimum atomic E-state index is -2.76. The van der Waals surface area contributed by atoms with Crippen LogP contribution in [0.25, 0.3) is 0 Å². The van der Waals surface area contributed by atoms with E-state index in [0.717, 1.165) is 23.8 Å². The Kier molecular flexibility index (Phi) is 7.65. The zero-order valence-corrected chi connectivity index (χ0v) is 18.2. The van der Waals surface area contributed by atoms with Crippen LogP contribution in [-0.2, 0) is 30.4 Å². The van der Waals surface area contributed by atoms with Gasteiger partial charge < -0.3 is 25.6 Å². The van der Waals surface area contributed by atoms with E-state index < -0.39 is 41.2 Å². The quantitative estimate of drug-likeness (QED) is 0.178. The van der Waals surface area contributed by atoms with E-state index in [1.807, 2.05) is 0 Å². The SMILES string of the molecule is CO[C@@]1(NC(=O)CSC(F)F)C(=O)N2C(C(N)=O)=C(CSc3nnnn3CCO)CO[C@@H]21. The topological polar surface area (TPSA) is 175 Å². The molecule has 1 fully saturated rings. The van der Waals surface area contributed by atoms with E-state index in [0.29, 0.717) is 10.7 Å². The van der Waals surface area contributed by atoms with Crippen molar-refractivity contribution in [3.05, 3.63) is 11.3 Å². The van der Waals surface area contributed by atoms with Crippen molar-refractivity contribution in [3.8, 4) is 0 Å². The Balaban J connectivity index is 1.77. The van der Waals surface area contributed by atoms with Crippen LogP contribution in [0.5, 0.6) is 0 Å². The van der Waals surface area contributed by atoms with Crippen molar-refractivity contribution in [2.24, 2.45) is 5.73 Å². The Hall–Kier alpha value is -2.34. The van der Waals surface area contributed by atoms with Gasteiger partial charge in [-0.2, -0.15) is 8.78 Å². The molecular weight excluding hydrogens is 476 g/mol. The summed E-state index contributed by atoms with van der Waals surface area (Å²) in [7, 11) is 1.14. The summed E-state index contributed by atoms with van der Waals surface area (Å²) < 4.78 is 36.9. The molecule has 1 aromatic rings. The second kappa shape index (κ2) is 10.1. The zero-order chi connectivity index (χ0) is 23.5. The first-order valence-corrected chi connectivity index (χ1v) is 11.0. The molecule has 13 nitrogen and oxygen atoms in total. The Bertz CT molecular complexity index is 932. The number of hydrogen-bond donors (Lipinski definition) is 3. The number of aliphatic hydroxyl groups excluding tert-OH is 1. The number of aliphatic hydroxyl groups is 1. The van der Waals surface area contributed by atoms with Crippen molar-refractivity contribution in [2.75, 3.05) is 31.8 Å². The normalized spacial score (nSPS) is 22.7. The molecule has 0 saturated carbocycles. The summed E-state index contributed by atoms with van der Waals surface area (Å²) in [4.78, 5) is 38.0. The average Bonchev–Trinajstić information content (AvgIpc) is 3.20. The maximum atomic E-state index is 12.9. The second-order valence-corrected chi connectivity index (χ2v) is 8.33. The summed E-state index contributed by atoms with van der Waals surface area (Å²) in [5.41, 5.74) is 3.78. The van der Waals surface area contributed by atoms with Crippen molar-refractivity contribution in [1.82, 2.24) is 30.4 Å². The standard InChI is InChI=1S/C15H19F2N7O6S2/c1-29-15(19-8(26)6-31-13(16)17)11(28)24-9(10(18)27)7(4-30-12(15)24)5-32-14-20-21-22-23(14)2-3-25/h12-13,25H,2-6H2,1H3,(H2,18,27)(H,19,26)/t12-,15+/m1/s1. The predicted octanol–water partition coefficient (Wildman–Crippen LogP) is -1.89. The number of nitrogens with zero attached hydrogens (tertiary/aromatic N) is 5. The van der Waals surface area contributed by atoms with Crippen LogP contribution in [0.1, 0.15) is 0 Å². The molecule has 0 aliphatic carbocycles. The lowest BCUT2D eigenvalue weighted by atomic mass is 9.94. The van der Waals surface area contributed by atoms with Gasteiger partial charge >= 0.3 is 0 Å². The smallest absolute Gasteiger partial charge is 0.287 e. The highest BCUT2D eigenvalue weighted by atomic mass is 32.2. The molecule has 3 heterocycles. The molecule has 2 atom stereocenters. The van der Waals surface area contributed by atoms with Crippen LogP contribution in [0.15, 0.2) is 16.4 Å². The molecule has 0 unspecified atom stereocenters. The van der Waals surface area contributed by atoms with Crippen molar-refractivity contribution in [2.45, 2.75) is 29.4 Å². The molecule has 3 amide bonds. The maximum absolute atomic E-state index is 12.9. The van der Waals surface area contributed by atoms with Crippen LogP contribution in [0.2, 0.25) is 0 Å². The fourth-order valence-electron chi connectivity index (χ4n) is 3.16. The summed E-state index contributed by atoms with van der Waals surface area (Å²) in [6.07, 6.45) is -1.21. The molecule has 0 aromatic carbocycles. The molecule has 1 aromatic heterocycles. The highest BCUT2D eigenvalue weighted by Crippen LogP contribution is 2.41. The summed E-state index contributed by atoms with van der Waals surface area (Å²) in [5, 5.41) is 22.7. The molecule has 2 aliphatic heterocycles. The molecule has 3 rings (SSSR count). The maximum Gasteiger partial charge on any atom is 0.287 e. The highest BCUT2D eigenvalue weighted by Gasteiger charge is 2.67. The number of primary amides is 1. The lowest BCUT2D eigenvalue weighted by Crippen LogP contribution is -2.82. The largest absolute Gasteiger partial charge is 0.394 e. The number of alkyl halides is 2. The number of carbonyl (C=O) groups excluding carboxylic acids is 3. The number of halogens is 2. The van der Waals surface area contributed by atoms with Gasteiger partial charge in [0.05, 0.1) is 25.5 Å². The Labute approximate surface area is 188 Å². The van der Waals surface area contributed by atoms with Crippen molar-refractivity contribution >= 4 is 41.2 Å². The van der Waals surface area contributed by atoms with Crippen molar-refractivity contribution in [3.63, 3.8) is 0 Å². The summed E-state index contributed by atoms with van der Waals surface area (Å²) in [6, 6.07) is 0. The van der Waals surface area contributed by atoms with Gasteiger partial charge in [-0.05, 0) is 16.0 Å². The monoisotopic (exact) mass is 495 g/mol. The number of carbonyl (C=O) groups is 3. The van der Waals surface area contributed by atoms with E-state index in [2.05, 4.69) is 20.8 Å². The van der Waals surface area contributed by atoms with Gasteiger partial charge in [-0.1, -0.05) is 23.5 Å². The van der Waals surface area contributed by atoms with Gasteiger partial charge in [-0.3, -0.25) is 19.3 Å². The molecule has 176 valence electrons. The highest BCUT2D eigenvalue weighted by molar-refractivity contribution is 8.00. The first kappa shape index (κ1) is 24.3. The molecular formula is C15H19F2N7O6S2. The van der Waals surface area contributed by atoms with Crippen LogP contribution >= 0.6 is 23.5 Å². The van der Waals surface area contributed by atoms with Gasteiger partial charge in [-0.15, -0.1) is 5.10 Å². The number of aromatic nitrogens is 4. The molecule has 0 bridgehead atoms. The first-order chi connectivity index (χ1) is 15.2. The number of ether oxygens (including phenoxy) is 2. The second-order valence-electron chi connectivity index (χ2n) is 6.41. The minimum absolute atomic E-state index is 0.0847. The average molecular weight is 495 g/mol. The Morgan fingerprint density at radius 1 is 1.50 bits per heavy atom. The van der Waals surface area contributed by atoms with Crippen LogP contribution < -0.4 is 11.1 Å². The lowest BCUT2D eigenvalue weighted by Gasteiger charge is -2.55. The fraction of sp³-hybridized carbons (Fsp3) is 0.600. The van der Waals surface area contributed by atoms with E-state index >= 15 is 0 Å². The third-order valence-electron chi connectivity index (χ3n) is 4.52. The fourth-order valence-corrected chi connectivity index (χ4v) is 4.41. The zero-order valence-electron chi connectivity index (χ0n) is 16.6.